The van der Waals surface area contributed by atoms with Crippen molar-refractivity contribution in [3.05, 3.63) is 29.8 Å². The van der Waals surface area contributed by atoms with E-state index in [4.69, 9.17) is 4.74 Å². The summed E-state index contributed by atoms with van der Waals surface area (Å²) in [5, 5.41) is 3.17. The van der Waals surface area contributed by atoms with Gasteiger partial charge in [-0.1, -0.05) is 18.2 Å². The summed E-state index contributed by atoms with van der Waals surface area (Å²) in [6.07, 6.45) is 3.73. The second-order valence-electron chi connectivity index (χ2n) is 4.22. The number of likely N-dealkylation sites (N-methyl/N-ethyl adjacent to an activating group) is 1. The molecule has 0 heterocycles. The van der Waals surface area contributed by atoms with Gasteiger partial charge in [0.05, 0.1) is 6.61 Å². The van der Waals surface area contributed by atoms with Crippen molar-refractivity contribution in [2.75, 3.05) is 20.2 Å². The van der Waals surface area contributed by atoms with Crippen LogP contribution in [0.15, 0.2) is 24.3 Å². The fourth-order valence-corrected chi connectivity index (χ4v) is 1.60. The predicted molar refractivity (Wildman–Crippen MR) is 62.3 cm³/mol. The van der Waals surface area contributed by atoms with Crippen molar-refractivity contribution in [3.8, 4) is 5.75 Å². The normalized spacial score (nSPS) is 15.3. The zero-order valence-electron chi connectivity index (χ0n) is 9.33. The molecule has 2 rings (SSSR count). The highest BCUT2D eigenvalue weighted by atomic mass is 16.5. The van der Waals surface area contributed by atoms with Crippen LogP contribution in [0.2, 0.25) is 0 Å². The van der Waals surface area contributed by atoms with Crippen molar-refractivity contribution < 1.29 is 4.74 Å². The molecule has 2 heteroatoms. The molecule has 0 bridgehead atoms. The molecular formula is C13H19NO. The van der Waals surface area contributed by atoms with Gasteiger partial charge in [0, 0.05) is 0 Å². The summed E-state index contributed by atoms with van der Waals surface area (Å²) in [6, 6.07) is 8.35. The Labute approximate surface area is 91.6 Å². The number of hydrogen-bond donors (Lipinski definition) is 1. The molecule has 1 saturated carbocycles. The van der Waals surface area contributed by atoms with Gasteiger partial charge in [-0.15, -0.1) is 0 Å². The Morgan fingerprint density at radius 3 is 2.87 bits per heavy atom. The van der Waals surface area contributed by atoms with E-state index in [9.17, 15) is 0 Å². The van der Waals surface area contributed by atoms with Crippen molar-refractivity contribution in [1.82, 2.24) is 5.32 Å². The largest absolute Gasteiger partial charge is 0.493 e. The number of hydrogen-bond acceptors (Lipinski definition) is 2. The van der Waals surface area contributed by atoms with E-state index in [0.717, 1.165) is 31.2 Å². The van der Waals surface area contributed by atoms with Gasteiger partial charge in [-0.2, -0.15) is 0 Å². The average Bonchev–Trinajstić information content (AvgIpc) is 3.08. The first-order chi connectivity index (χ1) is 7.40. The van der Waals surface area contributed by atoms with Crippen molar-refractivity contribution in [2.24, 2.45) is 5.92 Å². The topological polar surface area (TPSA) is 21.3 Å². The summed E-state index contributed by atoms with van der Waals surface area (Å²) in [7, 11) is 1.98. The first-order valence-corrected chi connectivity index (χ1v) is 5.75. The van der Waals surface area contributed by atoms with Crippen LogP contribution >= 0.6 is 0 Å². The van der Waals surface area contributed by atoms with Gasteiger partial charge in [-0.05, 0) is 50.4 Å². The van der Waals surface area contributed by atoms with Crippen molar-refractivity contribution >= 4 is 0 Å². The van der Waals surface area contributed by atoms with Gasteiger partial charge in [0.1, 0.15) is 5.75 Å². The van der Waals surface area contributed by atoms with Crippen LogP contribution in [0.1, 0.15) is 18.4 Å². The maximum atomic E-state index is 5.83. The molecule has 1 fully saturated rings. The minimum atomic E-state index is 0.822. The minimum absolute atomic E-state index is 0.822. The molecule has 0 radical (unpaired) electrons. The first kappa shape index (κ1) is 10.5. The van der Waals surface area contributed by atoms with Gasteiger partial charge in [-0.3, -0.25) is 0 Å². The van der Waals surface area contributed by atoms with Gasteiger partial charge < -0.3 is 10.1 Å². The van der Waals surface area contributed by atoms with Crippen LogP contribution in [-0.4, -0.2) is 20.2 Å². The third-order valence-electron chi connectivity index (χ3n) is 2.79. The van der Waals surface area contributed by atoms with Gasteiger partial charge in [0.25, 0.3) is 0 Å². The van der Waals surface area contributed by atoms with Crippen molar-refractivity contribution in [3.63, 3.8) is 0 Å². The number of benzene rings is 1. The Balaban J connectivity index is 1.93. The van der Waals surface area contributed by atoms with E-state index >= 15 is 0 Å². The summed E-state index contributed by atoms with van der Waals surface area (Å²) in [5.41, 5.74) is 1.31. The standard InChI is InChI=1S/C13H19NO/c1-14-9-8-12-4-2-3-5-13(12)15-10-11-6-7-11/h2-5,11,14H,6-10H2,1H3. The van der Waals surface area contributed by atoms with E-state index in [-0.39, 0.29) is 0 Å². The lowest BCUT2D eigenvalue weighted by Crippen LogP contribution is -2.11. The van der Waals surface area contributed by atoms with E-state index in [1.807, 2.05) is 13.1 Å². The van der Waals surface area contributed by atoms with Crippen molar-refractivity contribution in [2.45, 2.75) is 19.3 Å². The molecular weight excluding hydrogens is 186 g/mol. The van der Waals surface area contributed by atoms with Crippen LogP contribution in [0.3, 0.4) is 0 Å². The van der Waals surface area contributed by atoms with E-state index < -0.39 is 0 Å². The molecule has 2 nitrogen and oxygen atoms in total. The number of ether oxygens (including phenoxy) is 1. The summed E-state index contributed by atoms with van der Waals surface area (Å²) in [5.74, 6) is 1.89. The third kappa shape index (κ3) is 3.24. The molecule has 0 saturated heterocycles. The van der Waals surface area contributed by atoms with Crippen LogP contribution in [0.5, 0.6) is 5.75 Å². The van der Waals surface area contributed by atoms with Gasteiger partial charge in [0.15, 0.2) is 0 Å². The van der Waals surface area contributed by atoms with Crippen LogP contribution in [0.4, 0.5) is 0 Å². The average molecular weight is 205 g/mol. The molecule has 1 N–H and O–H groups in total. The highest BCUT2D eigenvalue weighted by molar-refractivity contribution is 5.33. The molecule has 1 aliphatic carbocycles. The summed E-state index contributed by atoms with van der Waals surface area (Å²) in [4.78, 5) is 0. The Hall–Kier alpha value is -1.02. The summed E-state index contributed by atoms with van der Waals surface area (Å²) >= 11 is 0. The minimum Gasteiger partial charge on any atom is -0.493 e. The molecule has 1 aromatic carbocycles. The fourth-order valence-electron chi connectivity index (χ4n) is 1.60. The van der Waals surface area contributed by atoms with Gasteiger partial charge >= 0.3 is 0 Å². The lowest BCUT2D eigenvalue weighted by atomic mass is 10.1. The molecule has 1 aliphatic rings. The Morgan fingerprint density at radius 2 is 2.13 bits per heavy atom. The van der Waals surface area contributed by atoms with Gasteiger partial charge in [-0.25, -0.2) is 0 Å². The third-order valence-corrected chi connectivity index (χ3v) is 2.79. The quantitative estimate of drug-likeness (QED) is 0.769. The van der Waals surface area contributed by atoms with E-state index in [1.54, 1.807) is 0 Å². The number of rotatable bonds is 6. The summed E-state index contributed by atoms with van der Waals surface area (Å²) < 4.78 is 5.83. The highest BCUT2D eigenvalue weighted by Gasteiger charge is 2.22. The van der Waals surface area contributed by atoms with Crippen LogP contribution in [0.25, 0.3) is 0 Å². The molecule has 0 spiro atoms. The second kappa shape index (κ2) is 5.17. The van der Waals surface area contributed by atoms with Gasteiger partial charge in [0.2, 0.25) is 0 Å². The lowest BCUT2D eigenvalue weighted by Gasteiger charge is -2.10. The molecule has 0 amide bonds. The van der Waals surface area contributed by atoms with Crippen LogP contribution < -0.4 is 10.1 Å². The van der Waals surface area contributed by atoms with Crippen LogP contribution in [0, 0.1) is 5.92 Å². The lowest BCUT2D eigenvalue weighted by molar-refractivity contribution is 0.296. The van der Waals surface area contributed by atoms with Crippen molar-refractivity contribution in [1.29, 1.82) is 0 Å². The monoisotopic (exact) mass is 205 g/mol. The SMILES string of the molecule is CNCCc1ccccc1OCC1CC1. The van der Waals surface area contributed by atoms with E-state index in [1.165, 1.54) is 18.4 Å². The van der Waals surface area contributed by atoms with E-state index in [2.05, 4.69) is 23.5 Å². The molecule has 82 valence electrons. The molecule has 15 heavy (non-hydrogen) atoms. The number of para-hydroxylation sites is 1. The number of nitrogens with one attached hydrogen (secondary N) is 1. The molecule has 0 aromatic heterocycles. The Bertz CT molecular complexity index is 307. The summed E-state index contributed by atoms with van der Waals surface area (Å²) in [6.45, 7) is 1.90. The maximum Gasteiger partial charge on any atom is 0.122 e. The molecule has 0 atom stereocenters. The Kier molecular flexibility index (Phi) is 3.62. The second-order valence-corrected chi connectivity index (χ2v) is 4.22. The molecule has 1 aromatic rings. The predicted octanol–water partition coefficient (Wildman–Crippen LogP) is 2.24. The zero-order chi connectivity index (χ0) is 10.5. The highest BCUT2D eigenvalue weighted by Crippen LogP contribution is 2.30. The molecule has 0 unspecified atom stereocenters. The fraction of sp³-hybridized carbons (Fsp3) is 0.538. The first-order valence-electron chi connectivity index (χ1n) is 5.75. The smallest absolute Gasteiger partial charge is 0.122 e. The molecule has 0 aliphatic heterocycles. The maximum absolute atomic E-state index is 5.83. The van der Waals surface area contributed by atoms with E-state index in [0.29, 0.717) is 0 Å². The zero-order valence-corrected chi connectivity index (χ0v) is 9.33. The van der Waals surface area contributed by atoms with Crippen LogP contribution in [-0.2, 0) is 6.42 Å². The Morgan fingerprint density at radius 1 is 1.33 bits per heavy atom.